The summed E-state index contributed by atoms with van der Waals surface area (Å²) in [6, 6.07) is -3.30. The number of nitrogens with one attached hydrogen (secondary N) is 3. The molecule has 13 nitrogen and oxygen atoms in total. The van der Waals surface area contributed by atoms with Crippen LogP contribution in [-0.2, 0) is 38.4 Å². The van der Waals surface area contributed by atoms with Crippen molar-refractivity contribution in [1.82, 2.24) is 16.0 Å². The monoisotopic (exact) mass is 541 g/mol. The molecular weight excluding hydrogens is 502 g/mol. The van der Waals surface area contributed by atoms with Gasteiger partial charge in [0.05, 0.1) is 36.9 Å². The van der Waals surface area contributed by atoms with Gasteiger partial charge in [-0.3, -0.25) is 33.6 Å². The van der Waals surface area contributed by atoms with Crippen LogP contribution >= 0.6 is 0 Å². The maximum absolute atomic E-state index is 13.0. The first-order chi connectivity index (χ1) is 17.5. The Kier molecular flexibility index (Phi) is 14.7. The van der Waals surface area contributed by atoms with Crippen molar-refractivity contribution in [2.24, 2.45) is 23.7 Å². The number of hydrogen-bond donors (Lipinski definition) is 5. The normalized spacial score (nSPS) is 14.9. The predicted octanol–water partition coefficient (Wildman–Crippen LogP) is 0.0917. The Bertz CT molecular complexity index is 915. The summed E-state index contributed by atoms with van der Waals surface area (Å²) in [6.07, 6.45) is -1.86. The van der Waals surface area contributed by atoms with E-state index in [0.29, 0.717) is 0 Å². The van der Waals surface area contributed by atoms with E-state index in [0.717, 1.165) is 0 Å². The third-order valence-electron chi connectivity index (χ3n) is 5.76. The molecule has 5 N–H and O–H groups in total. The molecule has 0 aromatic rings. The molecular formula is C25H39N3O10. The van der Waals surface area contributed by atoms with Crippen LogP contribution in [0.1, 0.15) is 67.2 Å². The molecule has 0 rings (SSSR count). The predicted molar refractivity (Wildman–Crippen MR) is 134 cm³/mol. The summed E-state index contributed by atoms with van der Waals surface area (Å²) in [4.78, 5) is 95.8. The summed E-state index contributed by atoms with van der Waals surface area (Å²) in [6.45, 7) is 9.27. The number of Topliss-reactive ketones (excluding diaryl/α,β-unsaturated/α-hetero) is 2. The topological polar surface area (TPSA) is 213 Å². The van der Waals surface area contributed by atoms with Crippen LogP contribution in [-0.4, -0.2) is 75.9 Å². The van der Waals surface area contributed by atoms with E-state index in [9.17, 15) is 43.5 Å². The second-order valence-corrected chi connectivity index (χ2v) is 10.0. The number of aldehydes is 1. The Morgan fingerprint density at radius 1 is 0.658 bits per heavy atom. The number of carboxylic acids is 2. The van der Waals surface area contributed by atoms with Crippen molar-refractivity contribution in [2.75, 3.05) is 0 Å². The highest BCUT2D eigenvalue weighted by molar-refractivity contribution is 5.96. The van der Waals surface area contributed by atoms with Crippen molar-refractivity contribution in [3.8, 4) is 0 Å². The van der Waals surface area contributed by atoms with Crippen LogP contribution in [0.5, 0.6) is 0 Å². The van der Waals surface area contributed by atoms with Gasteiger partial charge in [0.1, 0.15) is 6.29 Å². The summed E-state index contributed by atoms with van der Waals surface area (Å²) in [5.74, 6) is -8.75. The van der Waals surface area contributed by atoms with E-state index < -0.39 is 96.4 Å². The van der Waals surface area contributed by atoms with E-state index in [1.165, 1.54) is 13.8 Å². The van der Waals surface area contributed by atoms with Crippen LogP contribution in [0.15, 0.2) is 0 Å². The van der Waals surface area contributed by atoms with Crippen LogP contribution in [0.3, 0.4) is 0 Å². The van der Waals surface area contributed by atoms with Gasteiger partial charge in [0, 0.05) is 25.7 Å². The molecule has 13 heteroatoms. The molecule has 0 radical (unpaired) electrons. The molecule has 0 aliphatic carbocycles. The van der Waals surface area contributed by atoms with Gasteiger partial charge >= 0.3 is 11.9 Å². The van der Waals surface area contributed by atoms with Gasteiger partial charge in [-0.2, -0.15) is 0 Å². The zero-order valence-electron chi connectivity index (χ0n) is 22.6. The third-order valence-corrected chi connectivity index (χ3v) is 5.76. The van der Waals surface area contributed by atoms with Crippen molar-refractivity contribution in [1.29, 1.82) is 0 Å². The van der Waals surface area contributed by atoms with Crippen LogP contribution in [0.4, 0.5) is 0 Å². The maximum Gasteiger partial charge on any atom is 0.305 e. The zero-order valence-corrected chi connectivity index (χ0v) is 22.6. The Morgan fingerprint density at radius 3 is 1.55 bits per heavy atom. The van der Waals surface area contributed by atoms with Gasteiger partial charge in [0.2, 0.25) is 17.7 Å². The van der Waals surface area contributed by atoms with E-state index in [2.05, 4.69) is 16.0 Å². The fraction of sp³-hybridized carbons (Fsp3) is 0.680. The fourth-order valence-electron chi connectivity index (χ4n) is 3.73. The molecule has 38 heavy (non-hydrogen) atoms. The number of amides is 3. The van der Waals surface area contributed by atoms with Gasteiger partial charge in [-0.15, -0.1) is 0 Å². The van der Waals surface area contributed by atoms with Gasteiger partial charge in [-0.05, 0) is 11.8 Å². The smallest absolute Gasteiger partial charge is 0.305 e. The molecule has 5 atom stereocenters. The molecule has 2 unspecified atom stereocenters. The molecule has 0 saturated carbocycles. The minimum Gasteiger partial charge on any atom is -0.481 e. The molecule has 0 heterocycles. The summed E-state index contributed by atoms with van der Waals surface area (Å²) in [5.41, 5.74) is 0. The second kappa shape index (κ2) is 16.3. The second-order valence-electron chi connectivity index (χ2n) is 10.0. The number of carbonyl (C=O) groups excluding carboxylic acids is 6. The lowest BCUT2D eigenvalue weighted by Crippen LogP contribution is -2.50. The van der Waals surface area contributed by atoms with Crippen LogP contribution in [0.2, 0.25) is 0 Å². The van der Waals surface area contributed by atoms with Crippen molar-refractivity contribution in [3.63, 3.8) is 0 Å². The standard InChI is InChI=1S/C25H39N3O10/c1-12(2)22(26-15(6)30)19(32)8-16(9-20(33)34)25(38)28-23(13(3)4)18(31)7-14(5)24(37)27-17(11-29)10-21(35)36/h11-14,16-17,22-23H,7-10H2,1-6H3,(H,26,30)(H,27,37)(H,28,38)(H,33,34)(H,35,36)/t14?,16?,17-,22-,23-/m0/s1. The Labute approximate surface area is 221 Å². The molecule has 3 amide bonds. The molecule has 0 bridgehead atoms. The number of carbonyl (C=O) groups is 8. The first-order valence-electron chi connectivity index (χ1n) is 12.3. The highest BCUT2D eigenvalue weighted by Crippen LogP contribution is 2.17. The van der Waals surface area contributed by atoms with E-state index in [-0.39, 0.29) is 18.6 Å². The largest absolute Gasteiger partial charge is 0.481 e. The van der Waals surface area contributed by atoms with Crippen molar-refractivity contribution >= 4 is 47.5 Å². The van der Waals surface area contributed by atoms with Crippen molar-refractivity contribution in [2.45, 2.75) is 85.4 Å². The Hall–Kier alpha value is -3.64. The number of rotatable bonds is 18. The van der Waals surface area contributed by atoms with E-state index in [1.54, 1.807) is 27.7 Å². The zero-order chi connectivity index (χ0) is 29.7. The van der Waals surface area contributed by atoms with Gasteiger partial charge < -0.3 is 31.0 Å². The molecule has 0 aliphatic heterocycles. The minimum atomic E-state index is -1.33. The molecule has 0 saturated heterocycles. The van der Waals surface area contributed by atoms with Crippen LogP contribution in [0.25, 0.3) is 0 Å². The average Bonchev–Trinajstić information content (AvgIpc) is 2.78. The Balaban J connectivity index is 5.55. The first kappa shape index (κ1) is 34.4. The third kappa shape index (κ3) is 12.5. The van der Waals surface area contributed by atoms with Crippen molar-refractivity contribution < 1.29 is 48.6 Å². The summed E-state index contributed by atoms with van der Waals surface area (Å²) >= 11 is 0. The van der Waals surface area contributed by atoms with Gasteiger partial charge in [-0.25, -0.2) is 0 Å². The van der Waals surface area contributed by atoms with E-state index in [1.807, 2.05) is 0 Å². The molecule has 0 aliphatic rings. The summed E-state index contributed by atoms with van der Waals surface area (Å²) < 4.78 is 0. The highest BCUT2D eigenvalue weighted by atomic mass is 16.4. The lowest BCUT2D eigenvalue weighted by molar-refractivity contribution is -0.143. The minimum absolute atomic E-state index is 0.275. The lowest BCUT2D eigenvalue weighted by Gasteiger charge is -2.26. The first-order valence-corrected chi connectivity index (χ1v) is 12.3. The maximum atomic E-state index is 13.0. The SMILES string of the molecule is CC(=O)N[C@H](C(=O)CC(CC(=O)O)C(=O)N[C@H](C(=O)CC(C)C(=O)N[C@H](C=O)CC(=O)O)C(C)C)C(C)C. The lowest BCUT2D eigenvalue weighted by atomic mass is 9.88. The molecule has 0 aromatic heterocycles. The number of aliphatic carboxylic acids is 2. The van der Waals surface area contributed by atoms with Crippen LogP contribution < -0.4 is 16.0 Å². The number of hydrogen-bond acceptors (Lipinski definition) is 8. The summed E-state index contributed by atoms with van der Waals surface area (Å²) in [5, 5.41) is 25.3. The van der Waals surface area contributed by atoms with E-state index >= 15 is 0 Å². The molecule has 0 aromatic carbocycles. The van der Waals surface area contributed by atoms with Gasteiger partial charge in [-0.1, -0.05) is 34.6 Å². The van der Waals surface area contributed by atoms with Crippen LogP contribution in [0, 0.1) is 23.7 Å². The van der Waals surface area contributed by atoms with E-state index in [4.69, 9.17) is 5.11 Å². The highest BCUT2D eigenvalue weighted by Gasteiger charge is 2.34. The van der Waals surface area contributed by atoms with Gasteiger partial charge in [0.15, 0.2) is 11.6 Å². The molecule has 214 valence electrons. The molecule has 0 fully saturated rings. The summed E-state index contributed by atoms with van der Waals surface area (Å²) in [7, 11) is 0. The molecule has 0 spiro atoms. The average molecular weight is 542 g/mol. The fourth-order valence-corrected chi connectivity index (χ4v) is 3.73. The van der Waals surface area contributed by atoms with Crippen molar-refractivity contribution in [3.05, 3.63) is 0 Å². The quantitative estimate of drug-likeness (QED) is 0.147. The van der Waals surface area contributed by atoms with Gasteiger partial charge in [0.25, 0.3) is 0 Å². The number of ketones is 2. The number of carboxylic acid groups (broad SMARTS) is 2. The Morgan fingerprint density at radius 2 is 1.13 bits per heavy atom.